The van der Waals surface area contributed by atoms with Crippen LogP contribution in [0.3, 0.4) is 0 Å². The number of guanidine groups is 1. The summed E-state index contributed by atoms with van der Waals surface area (Å²) in [6, 6.07) is 7.58. The summed E-state index contributed by atoms with van der Waals surface area (Å²) in [7, 11) is 1.62. The van der Waals surface area contributed by atoms with Crippen LogP contribution in [0.5, 0.6) is 5.75 Å². The molecule has 1 saturated heterocycles. The van der Waals surface area contributed by atoms with Crippen molar-refractivity contribution in [1.82, 2.24) is 0 Å². The number of hydrogen-bond donors (Lipinski definition) is 2. The number of rotatable bonds is 7. The third-order valence-electron chi connectivity index (χ3n) is 3.20. The van der Waals surface area contributed by atoms with Crippen molar-refractivity contribution in [2.45, 2.75) is 18.9 Å². The lowest BCUT2D eigenvalue weighted by molar-refractivity contribution is 0.0424. The van der Waals surface area contributed by atoms with Crippen LogP contribution in [0.4, 0.5) is 5.69 Å². The van der Waals surface area contributed by atoms with Crippen LogP contribution in [0.2, 0.25) is 0 Å². The molecule has 0 amide bonds. The van der Waals surface area contributed by atoms with E-state index in [4.69, 9.17) is 19.9 Å². The Morgan fingerprint density at radius 3 is 3.00 bits per heavy atom. The van der Waals surface area contributed by atoms with E-state index in [-0.39, 0.29) is 30.1 Å². The van der Waals surface area contributed by atoms with E-state index in [0.717, 1.165) is 30.9 Å². The first-order valence-electron chi connectivity index (χ1n) is 7.19. The van der Waals surface area contributed by atoms with E-state index < -0.39 is 0 Å². The molecule has 0 radical (unpaired) electrons. The first-order chi connectivity index (χ1) is 10.3. The molecule has 0 saturated carbocycles. The molecule has 1 heterocycles. The molecule has 7 heteroatoms. The van der Waals surface area contributed by atoms with E-state index in [1.807, 2.05) is 24.3 Å². The summed E-state index contributed by atoms with van der Waals surface area (Å²) < 4.78 is 16.2. The van der Waals surface area contributed by atoms with E-state index in [1.54, 1.807) is 7.11 Å². The highest BCUT2D eigenvalue weighted by Gasteiger charge is 2.15. The third kappa shape index (κ3) is 6.37. The van der Waals surface area contributed by atoms with Gasteiger partial charge in [0.25, 0.3) is 0 Å². The molecule has 1 aliphatic rings. The molecule has 0 aromatic heterocycles. The second-order valence-corrected chi connectivity index (χ2v) is 4.80. The van der Waals surface area contributed by atoms with Gasteiger partial charge >= 0.3 is 0 Å². The zero-order chi connectivity index (χ0) is 14.9. The normalized spacial score (nSPS) is 17.9. The Kier molecular flexibility index (Phi) is 9.17. The molecule has 1 fully saturated rings. The van der Waals surface area contributed by atoms with Crippen LogP contribution in [-0.4, -0.2) is 45.5 Å². The molecular formula is C15H24IN3O3. The van der Waals surface area contributed by atoms with Crippen LogP contribution in [-0.2, 0) is 9.47 Å². The lowest BCUT2D eigenvalue weighted by Crippen LogP contribution is -2.23. The van der Waals surface area contributed by atoms with E-state index in [1.165, 1.54) is 0 Å². The Hall–Kier alpha value is -1.06. The number of nitrogens with zero attached hydrogens (tertiary/aromatic N) is 1. The number of methoxy groups -OCH3 is 1. The minimum atomic E-state index is 0. The molecule has 1 aromatic carbocycles. The van der Waals surface area contributed by atoms with Crippen molar-refractivity contribution in [3.05, 3.63) is 24.3 Å². The zero-order valence-corrected chi connectivity index (χ0v) is 15.1. The van der Waals surface area contributed by atoms with E-state index in [2.05, 4.69) is 10.3 Å². The quantitative estimate of drug-likeness (QED) is 0.306. The predicted molar refractivity (Wildman–Crippen MR) is 98.3 cm³/mol. The fourth-order valence-corrected chi connectivity index (χ4v) is 2.08. The first kappa shape index (κ1) is 19.0. The summed E-state index contributed by atoms with van der Waals surface area (Å²) in [5.41, 5.74) is 6.66. The average molecular weight is 421 g/mol. The van der Waals surface area contributed by atoms with Gasteiger partial charge in [0.1, 0.15) is 5.75 Å². The van der Waals surface area contributed by atoms with Crippen molar-refractivity contribution in [3.8, 4) is 5.75 Å². The molecule has 1 aromatic rings. The number of para-hydroxylation sites is 2. The Balaban J connectivity index is 0.00000242. The average Bonchev–Trinajstić information content (AvgIpc) is 3.01. The summed E-state index contributed by atoms with van der Waals surface area (Å²) in [6.07, 6.45) is 2.07. The molecular weight excluding hydrogens is 397 g/mol. The van der Waals surface area contributed by atoms with E-state index in [0.29, 0.717) is 25.7 Å². The van der Waals surface area contributed by atoms with Crippen molar-refractivity contribution in [2.24, 2.45) is 10.7 Å². The molecule has 0 bridgehead atoms. The fraction of sp³-hybridized carbons (Fsp3) is 0.533. The van der Waals surface area contributed by atoms with E-state index >= 15 is 0 Å². The molecule has 2 rings (SSSR count). The van der Waals surface area contributed by atoms with Gasteiger partial charge in [0.2, 0.25) is 0 Å². The number of anilines is 1. The molecule has 3 N–H and O–H groups in total. The number of benzene rings is 1. The van der Waals surface area contributed by atoms with Crippen molar-refractivity contribution < 1.29 is 14.2 Å². The minimum Gasteiger partial charge on any atom is -0.495 e. The van der Waals surface area contributed by atoms with E-state index in [9.17, 15) is 0 Å². The van der Waals surface area contributed by atoms with Crippen LogP contribution in [0, 0.1) is 0 Å². The monoisotopic (exact) mass is 421 g/mol. The Bertz CT molecular complexity index is 465. The first-order valence-corrected chi connectivity index (χ1v) is 7.19. The predicted octanol–water partition coefficient (Wildman–Crippen LogP) is 2.24. The highest BCUT2D eigenvalue weighted by atomic mass is 127. The number of aliphatic imine (C=N–C) groups is 1. The maximum absolute atomic E-state index is 5.86. The van der Waals surface area contributed by atoms with Gasteiger partial charge in [0, 0.05) is 19.8 Å². The van der Waals surface area contributed by atoms with Gasteiger partial charge in [0.05, 0.1) is 25.5 Å². The van der Waals surface area contributed by atoms with Crippen molar-refractivity contribution in [1.29, 1.82) is 0 Å². The highest BCUT2D eigenvalue weighted by molar-refractivity contribution is 14.0. The summed E-state index contributed by atoms with van der Waals surface area (Å²) >= 11 is 0. The molecule has 124 valence electrons. The standard InChI is InChI=1S/C15H23N3O3.HI/c1-19-14-6-3-2-5-13(14)18-15(16)17-8-4-9-21-12-7-10-20-11-12;/h2-3,5-6,12H,4,7-11H2,1H3,(H3,16,17,18);1H. The zero-order valence-electron chi connectivity index (χ0n) is 12.8. The smallest absolute Gasteiger partial charge is 0.193 e. The summed E-state index contributed by atoms with van der Waals surface area (Å²) in [5, 5.41) is 3.04. The number of hydrogen-bond acceptors (Lipinski definition) is 4. The van der Waals surface area contributed by atoms with Gasteiger partial charge < -0.3 is 25.3 Å². The molecule has 1 unspecified atom stereocenters. The van der Waals surface area contributed by atoms with Crippen LogP contribution in [0.15, 0.2) is 29.3 Å². The molecule has 1 aliphatic heterocycles. The second-order valence-electron chi connectivity index (χ2n) is 4.80. The van der Waals surface area contributed by atoms with Crippen molar-refractivity contribution in [3.63, 3.8) is 0 Å². The maximum Gasteiger partial charge on any atom is 0.193 e. The number of nitrogens with two attached hydrogens (primary N) is 1. The molecule has 6 nitrogen and oxygen atoms in total. The van der Waals surface area contributed by atoms with Crippen LogP contribution >= 0.6 is 24.0 Å². The number of nitrogens with one attached hydrogen (secondary N) is 1. The third-order valence-corrected chi connectivity index (χ3v) is 3.20. The van der Waals surface area contributed by atoms with Gasteiger partial charge in [-0.05, 0) is 25.0 Å². The summed E-state index contributed by atoms with van der Waals surface area (Å²) in [5.74, 6) is 1.11. The maximum atomic E-state index is 5.86. The van der Waals surface area contributed by atoms with Gasteiger partial charge in [-0.15, -0.1) is 24.0 Å². The van der Waals surface area contributed by atoms with Gasteiger partial charge in [-0.1, -0.05) is 12.1 Å². The minimum absolute atomic E-state index is 0. The number of halogens is 1. The largest absolute Gasteiger partial charge is 0.495 e. The lowest BCUT2D eigenvalue weighted by Gasteiger charge is -2.10. The van der Waals surface area contributed by atoms with Gasteiger partial charge in [-0.3, -0.25) is 4.99 Å². The summed E-state index contributed by atoms with van der Waals surface area (Å²) in [4.78, 5) is 4.28. The lowest BCUT2D eigenvalue weighted by atomic mass is 10.3. The van der Waals surface area contributed by atoms with Crippen LogP contribution < -0.4 is 15.8 Å². The molecule has 1 atom stereocenters. The van der Waals surface area contributed by atoms with Crippen molar-refractivity contribution in [2.75, 3.05) is 38.8 Å². The SMILES string of the molecule is COc1ccccc1NC(N)=NCCCOC1CCOC1.I. The summed E-state index contributed by atoms with van der Waals surface area (Å²) in [6.45, 7) is 2.82. The Labute approximate surface area is 148 Å². The topological polar surface area (TPSA) is 78.1 Å². The highest BCUT2D eigenvalue weighted by Crippen LogP contribution is 2.22. The van der Waals surface area contributed by atoms with Crippen molar-refractivity contribution >= 4 is 35.6 Å². The Morgan fingerprint density at radius 1 is 1.45 bits per heavy atom. The molecule has 0 spiro atoms. The number of ether oxygens (including phenoxy) is 3. The van der Waals surface area contributed by atoms with Gasteiger partial charge in [-0.25, -0.2) is 0 Å². The fourth-order valence-electron chi connectivity index (χ4n) is 2.08. The van der Waals surface area contributed by atoms with Gasteiger partial charge in [-0.2, -0.15) is 0 Å². The van der Waals surface area contributed by atoms with Crippen LogP contribution in [0.1, 0.15) is 12.8 Å². The molecule has 22 heavy (non-hydrogen) atoms. The van der Waals surface area contributed by atoms with Crippen LogP contribution in [0.25, 0.3) is 0 Å². The second kappa shape index (κ2) is 10.6. The Morgan fingerprint density at radius 2 is 2.27 bits per heavy atom. The van der Waals surface area contributed by atoms with Gasteiger partial charge in [0.15, 0.2) is 5.96 Å². The molecule has 0 aliphatic carbocycles.